The van der Waals surface area contributed by atoms with E-state index in [1.807, 2.05) is 0 Å². The van der Waals surface area contributed by atoms with E-state index in [0.29, 0.717) is 18.4 Å². The van der Waals surface area contributed by atoms with E-state index in [1.54, 1.807) is 6.92 Å². The summed E-state index contributed by atoms with van der Waals surface area (Å²) in [5.41, 5.74) is 9.11. The Bertz CT molecular complexity index is 309. The zero-order chi connectivity index (χ0) is 10.8. The van der Waals surface area contributed by atoms with Crippen LogP contribution in [0.1, 0.15) is 32.6 Å². The van der Waals surface area contributed by atoms with Gasteiger partial charge in [-0.15, -0.1) is 0 Å². The molecule has 2 rings (SSSR count). The molecule has 2 saturated carbocycles. The molecule has 0 N–H and O–H groups in total. The predicted molar refractivity (Wildman–Crippen MR) is 54.2 cm³/mol. The van der Waals surface area contributed by atoms with E-state index in [-0.39, 0.29) is 11.6 Å². The normalized spacial score (nSPS) is 32.5. The van der Waals surface area contributed by atoms with Gasteiger partial charge in [0.25, 0.3) is 0 Å². The van der Waals surface area contributed by atoms with Crippen molar-refractivity contribution in [2.45, 2.75) is 32.6 Å². The minimum Gasteiger partial charge on any atom is -0.457 e. The van der Waals surface area contributed by atoms with Crippen molar-refractivity contribution in [1.29, 1.82) is 0 Å². The Morgan fingerprint density at radius 1 is 1.40 bits per heavy atom. The van der Waals surface area contributed by atoms with E-state index >= 15 is 0 Å². The van der Waals surface area contributed by atoms with Crippen molar-refractivity contribution in [2.24, 2.45) is 17.8 Å². The van der Waals surface area contributed by atoms with Crippen molar-refractivity contribution in [1.82, 2.24) is 0 Å². The highest BCUT2D eigenvalue weighted by atomic mass is 16.5. The number of hydrogen-bond donors (Lipinski definition) is 0. The quantitative estimate of drug-likeness (QED) is 0.306. The highest BCUT2D eigenvalue weighted by molar-refractivity contribution is 6.35. The SMILES string of the molecule is CCOC(=O)C(=[N+]=[N-])C1[C@H]2CCCC[C@H]12. The predicted octanol–water partition coefficient (Wildman–Crippen LogP) is 1.66. The molecule has 4 nitrogen and oxygen atoms in total. The molecule has 2 aliphatic rings. The summed E-state index contributed by atoms with van der Waals surface area (Å²) in [6.45, 7) is 2.09. The summed E-state index contributed by atoms with van der Waals surface area (Å²) >= 11 is 0. The third kappa shape index (κ3) is 1.82. The van der Waals surface area contributed by atoms with Crippen molar-refractivity contribution >= 4 is 11.7 Å². The van der Waals surface area contributed by atoms with Crippen molar-refractivity contribution in [3.8, 4) is 0 Å². The Labute approximate surface area is 89.2 Å². The van der Waals surface area contributed by atoms with Crippen LogP contribution in [0.2, 0.25) is 0 Å². The lowest BCUT2D eigenvalue weighted by atomic mass is 10.0. The number of carbonyl (C=O) groups excluding carboxylic acids is 1. The van der Waals surface area contributed by atoms with E-state index in [0.717, 1.165) is 12.8 Å². The molecule has 2 atom stereocenters. The summed E-state index contributed by atoms with van der Waals surface area (Å²) in [5, 5.41) is 0. The Morgan fingerprint density at radius 3 is 2.47 bits per heavy atom. The molecule has 0 amide bonds. The Hall–Kier alpha value is -1.15. The lowest BCUT2D eigenvalue weighted by Crippen LogP contribution is -2.21. The van der Waals surface area contributed by atoms with Crippen molar-refractivity contribution in [3.05, 3.63) is 5.53 Å². The molecule has 0 aliphatic heterocycles. The minimum atomic E-state index is -0.445. The van der Waals surface area contributed by atoms with Gasteiger partial charge >= 0.3 is 11.7 Å². The Balaban J connectivity index is 2.03. The van der Waals surface area contributed by atoms with Gasteiger partial charge in [0, 0.05) is 0 Å². The van der Waals surface area contributed by atoms with Crippen LogP contribution in [0, 0.1) is 17.8 Å². The van der Waals surface area contributed by atoms with Gasteiger partial charge in [-0.3, -0.25) is 0 Å². The third-order valence-electron chi connectivity index (χ3n) is 3.56. The fourth-order valence-corrected chi connectivity index (χ4v) is 2.85. The fraction of sp³-hybridized carbons (Fsp3) is 0.818. The average molecular weight is 208 g/mol. The average Bonchev–Trinajstić information content (AvgIpc) is 2.95. The maximum atomic E-state index is 11.5. The van der Waals surface area contributed by atoms with Gasteiger partial charge in [-0.2, -0.15) is 4.79 Å². The summed E-state index contributed by atoms with van der Waals surface area (Å²) in [5.74, 6) is 0.846. The van der Waals surface area contributed by atoms with E-state index in [1.165, 1.54) is 12.8 Å². The molecule has 0 saturated heterocycles. The molecule has 0 aromatic carbocycles. The summed E-state index contributed by atoms with van der Waals surface area (Å²) in [7, 11) is 0. The van der Waals surface area contributed by atoms with Crippen LogP contribution in [0.25, 0.3) is 5.53 Å². The molecule has 0 bridgehead atoms. The summed E-state index contributed by atoms with van der Waals surface area (Å²) in [6, 6.07) is 0. The number of rotatable bonds is 3. The van der Waals surface area contributed by atoms with Gasteiger partial charge in [-0.1, -0.05) is 12.8 Å². The lowest BCUT2D eigenvalue weighted by molar-refractivity contribution is -0.140. The number of carbonyl (C=O) groups is 1. The minimum absolute atomic E-state index is 0.163. The highest BCUT2D eigenvalue weighted by Crippen LogP contribution is 2.55. The van der Waals surface area contributed by atoms with Crippen LogP contribution in [0.3, 0.4) is 0 Å². The second-order valence-electron chi connectivity index (χ2n) is 4.34. The van der Waals surface area contributed by atoms with Gasteiger partial charge in [0.1, 0.15) is 0 Å². The van der Waals surface area contributed by atoms with E-state index in [2.05, 4.69) is 4.79 Å². The molecule has 0 aromatic rings. The zero-order valence-corrected chi connectivity index (χ0v) is 8.98. The molecule has 0 radical (unpaired) electrons. The summed E-state index contributed by atoms with van der Waals surface area (Å²) < 4.78 is 4.87. The van der Waals surface area contributed by atoms with Crippen LogP contribution >= 0.6 is 0 Å². The van der Waals surface area contributed by atoms with Gasteiger partial charge in [-0.05, 0) is 31.6 Å². The monoisotopic (exact) mass is 208 g/mol. The largest absolute Gasteiger partial charge is 0.457 e. The topological polar surface area (TPSA) is 62.7 Å². The number of fused-ring (bicyclic) bond motifs is 1. The first-order valence-electron chi connectivity index (χ1n) is 5.68. The molecule has 4 heteroatoms. The highest BCUT2D eigenvalue weighted by Gasteiger charge is 2.59. The number of esters is 1. The smallest absolute Gasteiger partial charge is 0.417 e. The molecular formula is C11H16N2O2. The van der Waals surface area contributed by atoms with Crippen molar-refractivity contribution in [2.75, 3.05) is 6.61 Å². The second-order valence-corrected chi connectivity index (χ2v) is 4.34. The van der Waals surface area contributed by atoms with Crippen LogP contribution in [-0.2, 0) is 9.53 Å². The van der Waals surface area contributed by atoms with Gasteiger partial charge in [0.05, 0.1) is 12.5 Å². The van der Waals surface area contributed by atoms with E-state index in [4.69, 9.17) is 10.3 Å². The molecule has 2 fully saturated rings. The molecule has 0 spiro atoms. The number of nitrogens with zero attached hydrogens (tertiary/aromatic N) is 2. The maximum Gasteiger partial charge on any atom is 0.417 e. The van der Waals surface area contributed by atoms with Crippen LogP contribution in [0.5, 0.6) is 0 Å². The second kappa shape index (κ2) is 4.15. The van der Waals surface area contributed by atoms with E-state index < -0.39 is 5.97 Å². The first kappa shape index (κ1) is 10.4. The summed E-state index contributed by atoms with van der Waals surface area (Å²) in [6.07, 6.45) is 4.79. The molecule has 15 heavy (non-hydrogen) atoms. The van der Waals surface area contributed by atoms with Gasteiger partial charge < -0.3 is 10.3 Å². The van der Waals surface area contributed by atoms with Crippen molar-refractivity contribution in [3.63, 3.8) is 0 Å². The first-order valence-corrected chi connectivity index (χ1v) is 5.68. The third-order valence-corrected chi connectivity index (χ3v) is 3.56. The zero-order valence-electron chi connectivity index (χ0n) is 8.98. The maximum absolute atomic E-state index is 11.5. The van der Waals surface area contributed by atoms with Crippen LogP contribution in [-0.4, -0.2) is 23.1 Å². The van der Waals surface area contributed by atoms with Crippen LogP contribution < -0.4 is 0 Å². The molecule has 0 unspecified atom stereocenters. The fourth-order valence-electron chi connectivity index (χ4n) is 2.85. The molecule has 0 heterocycles. The molecule has 82 valence electrons. The Kier molecular flexibility index (Phi) is 2.87. The van der Waals surface area contributed by atoms with Crippen molar-refractivity contribution < 1.29 is 14.3 Å². The van der Waals surface area contributed by atoms with E-state index in [9.17, 15) is 4.79 Å². The van der Waals surface area contributed by atoms with Gasteiger partial charge in [-0.25, -0.2) is 4.79 Å². The lowest BCUT2D eigenvalue weighted by Gasteiger charge is -2.04. The first-order chi connectivity index (χ1) is 7.29. The van der Waals surface area contributed by atoms with Crippen LogP contribution in [0.4, 0.5) is 0 Å². The number of hydrogen-bond acceptors (Lipinski definition) is 2. The van der Waals surface area contributed by atoms with Gasteiger partial charge in [0.2, 0.25) is 0 Å². The molecule has 0 aromatic heterocycles. The molecular weight excluding hydrogens is 192 g/mol. The van der Waals surface area contributed by atoms with Gasteiger partial charge in [0.15, 0.2) is 0 Å². The standard InChI is InChI=1S/C11H16N2O2/c1-2-15-11(14)10(13-12)9-7-5-3-4-6-8(7)9/h7-9H,2-6H2,1H3/t7-,8-/m0/s1. The number of ether oxygens (including phenoxy) is 1. The Morgan fingerprint density at radius 2 is 2.00 bits per heavy atom. The molecule has 2 aliphatic carbocycles. The summed E-state index contributed by atoms with van der Waals surface area (Å²) in [4.78, 5) is 14.6. The van der Waals surface area contributed by atoms with Crippen LogP contribution in [0.15, 0.2) is 0 Å².